The average molecular weight is 358 g/mol. The van der Waals surface area contributed by atoms with E-state index in [4.69, 9.17) is 16.3 Å². The molecular weight excluding hydrogens is 342 g/mol. The highest BCUT2D eigenvalue weighted by Gasteiger charge is 2.30. The predicted molar refractivity (Wildman–Crippen MR) is 96.1 cm³/mol. The van der Waals surface area contributed by atoms with Gasteiger partial charge in [0, 0.05) is 16.8 Å². The fraction of sp³-hybridized carbons (Fsp3) is 0.167. The van der Waals surface area contributed by atoms with Crippen molar-refractivity contribution in [2.45, 2.75) is 0 Å². The first-order chi connectivity index (χ1) is 12.1. The lowest BCUT2D eigenvalue weighted by atomic mass is 10.2. The third-order valence-corrected chi connectivity index (χ3v) is 4.00. The fourth-order valence-corrected chi connectivity index (χ4v) is 2.54. The van der Waals surface area contributed by atoms with E-state index in [0.29, 0.717) is 16.5 Å². The lowest BCUT2D eigenvalue weighted by molar-refractivity contribution is -0.138. The normalized spacial score (nSPS) is 15.1. The maximum atomic E-state index is 12.4. The molecule has 1 aliphatic heterocycles. The molecule has 1 saturated heterocycles. The van der Waals surface area contributed by atoms with Crippen LogP contribution in [0.3, 0.4) is 0 Å². The molecule has 128 valence electrons. The van der Waals surface area contributed by atoms with Crippen molar-refractivity contribution >= 4 is 35.3 Å². The standard InChI is InChI=1S/C18H16ClN3O3/c1-25-16-4-2-3-15(9-16)21-11-18(24)22(12-17(21)23)20-10-13-5-7-14(19)8-6-13/h2-10H,11-12H2,1H3/b20-10-. The van der Waals surface area contributed by atoms with Gasteiger partial charge in [-0.15, -0.1) is 0 Å². The van der Waals surface area contributed by atoms with Crippen LogP contribution in [0.25, 0.3) is 0 Å². The minimum absolute atomic E-state index is 0.0655. The van der Waals surface area contributed by atoms with E-state index in [0.717, 1.165) is 5.56 Å². The highest BCUT2D eigenvalue weighted by Crippen LogP contribution is 2.23. The lowest BCUT2D eigenvalue weighted by Gasteiger charge is -2.31. The van der Waals surface area contributed by atoms with E-state index in [1.807, 2.05) is 0 Å². The number of hydrogen-bond acceptors (Lipinski definition) is 4. The Morgan fingerprint density at radius 1 is 1.08 bits per heavy atom. The highest BCUT2D eigenvalue weighted by molar-refractivity contribution is 6.30. The summed E-state index contributed by atoms with van der Waals surface area (Å²) in [6.45, 7) is -0.176. The van der Waals surface area contributed by atoms with Crippen molar-refractivity contribution in [2.24, 2.45) is 5.10 Å². The van der Waals surface area contributed by atoms with E-state index in [9.17, 15) is 9.59 Å². The van der Waals surface area contributed by atoms with E-state index in [1.165, 1.54) is 16.1 Å². The number of halogens is 1. The van der Waals surface area contributed by atoms with Gasteiger partial charge in [-0.05, 0) is 29.8 Å². The molecule has 0 N–H and O–H groups in total. The molecule has 25 heavy (non-hydrogen) atoms. The second-order valence-electron chi connectivity index (χ2n) is 5.43. The zero-order valence-corrected chi connectivity index (χ0v) is 14.3. The summed E-state index contributed by atoms with van der Waals surface area (Å²) in [6.07, 6.45) is 1.53. The Morgan fingerprint density at radius 2 is 1.84 bits per heavy atom. The number of amides is 2. The molecule has 0 saturated carbocycles. The van der Waals surface area contributed by atoms with Gasteiger partial charge in [0.25, 0.3) is 5.91 Å². The molecule has 2 aromatic rings. The van der Waals surface area contributed by atoms with Gasteiger partial charge < -0.3 is 9.64 Å². The zero-order valence-electron chi connectivity index (χ0n) is 13.6. The quantitative estimate of drug-likeness (QED) is 0.790. The van der Waals surface area contributed by atoms with Gasteiger partial charge >= 0.3 is 0 Å². The molecule has 0 unspecified atom stereocenters. The van der Waals surface area contributed by atoms with Crippen LogP contribution in [0.5, 0.6) is 5.75 Å². The maximum absolute atomic E-state index is 12.4. The number of nitrogens with zero attached hydrogens (tertiary/aromatic N) is 3. The van der Waals surface area contributed by atoms with Gasteiger partial charge in [0.15, 0.2) is 0 Å². The number of ether oxygens (including phenoxy) is 1. The van der Waals surface area contributed by atoms with E-state index < -0.39 is 0 Å². The van der Waals surface area contributed by atoms with Crippen LogP contribution in [-0.2, 0) is 9.59 Å². The molecule has 0 atom stereocenters. The Bertz CT molecular complexity index is 821. The van der Waals surface area contributed by atoms with Gasteiger partial charge in [0.05, 0.1) is 13.3 Å². The summed E-state index contributed by atoms with van der Waals surface area (Å²) in [5, 5.41) is 5.91. The average Bonchev–Trinajstić information content (AvgIpc) is 2.63. The van der Waals surface area contributed by atoms with Crippen LogP contribution in [0.4, 0.5) is 5.69 Å². The van der Waals surface area contributed by atoms with Crippen LogP contribution in [0.1, 0.15) is 5.56 Å². The Labute approximate surface area is 150 Å². The van der Waals surface area contributed by atoms with Crippen LogP contribution in [0.15, 0.2) is 53.6 Å². The van der Waals surface area contributed by atoms with Crippen LogP contribution < -0.4 is 9.64 Å². The monoisotopic (exact) mass is 357 g/mol. The highest BCUT2D eigenvalue weighted by atomic mass is 35.5. The largest absolute Gasteiger partial charge is 0.497 e. The zero-order chi connectivity index (χ0) is 17.8. The van der Waals surface area contributed by atoms with Crippen molar-refractivity contribution in [1.82, 2.24) is 5.01 Å². The summed E-state index contributed by atoms with van der Waals surface area (Å²) in [6, 6.07) is 14.1. The molecule has 0 radical (unpaired) electrons. The van der Waals surface area contributed by atoms with Crippen LogP contribution in [0, 0.1) is 0 Å². The first-order valence-electron chi connectivity index (χ1n) is 7.61. The van der Waals surface area contributed by atoms with Crippen molar-refractivity contribution < 1.29 is 14.3 Å². The summed E-state index contributed by atoms with van der Waals surface area (Å²) in [5.74, 6) is 0.162. The Morgan fingerprint density at radius 3 is 2.56 bits per heavy atom. The SMILES string of the molecule is COc1cccc(N2CC(=O)N(/N=C\c3ccc(Cl)cc3)CC2=O)c1. The molecule has 3 rings (SSSR count). The van der Waals surface area contributed by atoms with Crippen molar-refractivity contribution in [1.29, 1.82) is 0 Å². The first-order valence-corrected chi connectivity index (χ1v) is 7.99. The van der Waals surface area contributed by atoms with Gasteiger partial charge in [0.2, 0.25) is 5.91 Å². The first kappa shape index (κ1) is 17.0. The third kappa shape index (κ3) is 3.97. The van der Waals surface area contributed by atoms with Gasteiger partial charge in [-0.25, -0.2) is 5.01 Å². The van der Waals surface area contributed by atoms with E-state index in [-0.39, 0.29) is 24.9 Å². The number of hydrogen-bond donors (Lipinski definition) is 0. The molecule has 7 heteroatoms. The smallest absolute Gasteiger partial charge is 0.263 e. The van der Waals surface area contributed by atoms with Crippen molar-refractivity contribution in [3.05, 3.63) is 59.1 Å². The minimum Gasteiger partial charge on any atom is -0.497 e. The number of anilines is 1. The number of hydrazone groups is 1. The summed E-state index contributed by atoms with van der Waals surface area (Å²) < 4.78 is 5.16. The third-order valence-electron chi connectivity index (χ3n) is 3.75. The molecule has 0 bridgehead atoms. The summed E-state index contributed by atoms with van der Waals surface area (Å²) >= 11 is 5.83. The Hall–Kier alpha value is -2.86. The fourth-order valence-electron chi connectivity index (χ4n) is 2.41. The van der Waals surface area contributed by atoms with E-state index >= 15 is 0 Å². The molecule has 1 heterocycles. The summed E-state index contributed by atoms with van der Waals surface area (Å²) in [4.78, 5) is 26.2. The lowest BCUT2D eigenvalue weighted by Crippen LogP contribution is -2.52. The molecule has 2 aromatic carbocycles. The van der Waals surface area contributed by atoms with Crippen LogP contribution in [0.2, 0.25) is 5.02 Å². The minimum atomic E-state index is -0.257. The number of carbonyl (C=O) groups excluding carboxylic acids is 2. The number of rotatable bonds is 4. The van der Waals surface area contributed by atoms with Gasteiger partial charge in [-0.1, -0.05) is 29.8 Å². The summed E-state index contributed by atoms with van der Waals surface area (Å²) in [5.41, 5.74) is 1.42. The van der Waals surface area contributed by atoms with Gasteiger partial charge in [-0.3, -0.25) is 9.59 Å². The van der Waals surface area contributed by atoms with Crippen molar-refractivity contribution in [2.75, 3.05) is 25.1 Å². The number of benzene rings is 2. The maximum Gasteiger partial charge on any atom is 0.263 e. The van der Waals surface area contributed by atoms with E-state index in [2.05, 4.69) is 5.10 Å². The number of carbonyl (C=O) groups is 2. The van der Waals surface area contributed by atoms with Gasteiger partial charge in [0.1, 0.15) is 18.8 Å². The Kier molecular flexibility index (Phi) is 5.00. The molecule has 0 aromatic heterocycles. The van der Waals surface area contributed by atoms with Crippen molar-refractivity contribution in [3.8, 4) is 5.75 Å². The van der Waals surface area contributed by atoms with Gasteiger partial charge in [-0.2, -0.15) is 5.10 Å². The number of methoxy groups -OCH3 is 1. The van der Waals surface area contributed by atoms with Crippen LogP contribution in [-0.4, -0.2) is 43.2 Å². The molecule has 1 aliphatic rings. The van der Waals surface area contributed by atoms with Crippen molar-refractivity contribution in [3.63, 3.8) is 0 Å². The molecule has 0 aliphatic carbocycles. The molecule has 6 nitrogen and oxygen atoms in total. The topological polar surface area (TPSA) is 62.2 Å². The molecular formula is C18H16ClN3O3. The predicted octanol–water partition coefficient (Wildman–Crippen LogP) is 2.56. The Balaban J connectivity index is 1.72. The molecule has 1 fully saturated rings. The second-order valence-corrected chi connectivity index (χ2v) is 5.87. The van der Waals surface area contributed by atoms with E-state index in [1.54, 1.807) is 55.6 Å². The molecule has 0 spiro atoms. The number of piperazine rings is 1. The molecule has 2 amide bonds. The van der Waals surface area contributed by atoms with Crippen LogP contribution >= 0.6 is 11.6 Å². The second kappa shape index (κ2) is 7.36. The summed E-state index contributed by atoms with van der Waals surface area (Å²) in [7, 11) is 1.55.